The molecule has 0 amide bonds. The van der Waals surface area contributed by atoms with Crippen LogP contribution in [0.4, 0.5) is 0 Å². The lowest BCUT2D eigenvalue weighted by Crippen LogP contribution is -2.46. The number of hydrogen-bond acceptors (Lipinski definition) is 6. The van der Waals surface area contributed by atoms with Gasteiger partial charge in [0.25, 0.3) is 0 Å². The minimum Gasteiger partial charge on any atom is -0.388 e. The normalized spacial score (nSPS) is 17.4. The van der Waals surface area contributed by atoms with E-state index in [2.05, 4.69) is 33.8 Å². The van der Waals surface area contributed by atoms with Crippen molar-refractivity contribution in [3.63, 3.8) is 0 Å². The topological polar surface area (TPSA) is 110 Å². The van der Waals surface area contributed by atoms with E-state index in [1.807, 2.05) is 0 Å². The van der Waals surface area contributed by atoms with Crippen LogP contribution < -0.4 is 0 Å². The third-order valence-electron chi connectivity index (χ3n) is 4.84. The highest BCUT2D eigenvalue weighted by atomic mass is 16.5. The summed E-state index contributed by atoms with van der Waals surface area (Å²) in [5.41, 5.74) is 1.33. The van der Waals surface area contributed by atoms with Gasteiger partial charge in [0.1, 0.15) is 18.3 Å². The Hall–Kier alpha value is -0.500. The van der Waals surface area contributed by atoms with Gasteiger partial charge in [-0.2, -0.15) is 0 Å². The van der Waals surface area contributed by atoms with Crippen molar-refractivity contribution in [1.29, 1.82) is 0 Å². The van der Waals surface area contributed by atoms with Crippen LogP contribution in [0.3, 0.4) is 0 Å². The summed E-state index contributed by atoms with van der Waals surface area (Å²) in [6.45, 7) is 9.21. The Morgan fingerprint density at radius 1 is 0.889 bits per heavy atom. The molecule has 4 atom stereocenters. The van der Waals surface area contributed by atoms with Crippen LogP contribution in [-0.2, 0) is 4.74 Å². The van der Waals surface area contributed by atoms with Crippen LogP contribution >= 0.6 is 0 Å². The first-order chi connectivity index (χ1) is 12.6. The zero-order valence-corrected chi connectivity index (χ0v) is 17.5. The highest BCUT2D eigenvalue weighted by Crippen LogP contribution is 2.19. The van der Waals surface area contributed by atoms with Crippen molar-refractivity contribution in [2.45, 2.75) is 97.2 Å². The highest BCUT2D eigenvalue weighted by Gasteiger charge is 2.29. The van der Waals surface area contributed by atoms with E-state index in [1.165, 1.54) is 37.7 Å². The molecule has 0 heterocycles. The van der Waals surface area contributed by atoms with Gasteiger partial charge in [-0.25, -0.2) is 0 Å². The zero-order chi connectivity index (χ0) is 20.8. The fourth-order valence-corrected chi connectivity index (χ4v) is 2.95. The molecule has 0 aromatic heterocycles. The molecule has 0 bridgehead atoms. The van der Waals surface area contributed by atoms with Crippen molar-refractivity contribution in [2.75, 3.05) is 13.2 Å². The Morgan fingerprint density at radius 3 is 2.11 bits per heavy atom. The van der Waals surface area contributed by atoms with E-state index in [0.717, 1.165) is 18.3 Å². The summed E-state index contributed by atoms with van der Waals surface area (Å²) in [6, 6.07) is 0. The lowest BCUT2D eigenvalue weighted by molar-refractivity contribution is -0.182. The Bertz CT molecular complexity index is 383. The molecule has 0 aromatic carbocycles. The predicted octanol–water partition coefficient (Wildman–Crippen LogP) is 2.37. The molecule has 0 aliphatic rings. The van der Waals surface area contributed by atoms with Crippen molar-refractivity contribution in [1.82, 2.24) is 0 Å². The molecular weight excluding hydrogens is 348 g/mol. The Kier molecular flexibility index (Phi) is 15.1. The number of aliphatic hydroxyl groups excluding tert-OH is 4. The van der Waals surface area contributed by atoms with E-state index in [1.54, 1.807) is 0 Å². The molecule has 162 valence electrons. The molecule has 0 rings (SSSR count). The van der Waals surface area contributed by atoms with Gasteiger partial charge in [0.05, 0.1) is 13.2 Å². The second-order valence-electron chi connectivity index (χ2n) is 8.20. The predicted molar refractivity (Wildman–Crippen MR) is 107 cm³/mol. The van der Waals surface area contributed by atoms with E-state index in [0.29, 0.717) is 13.0 Å². The van der Waals surface area contributed by atoms with Gasteiger partial charge in [0.15, 0.2) is 6.29 Å². The lowest BCUT2D eigenvalue weighted by atomic mass is 9.94. The molecule has 0 aliphatic heterocycles. The second kappa shape index (κ2) is 15.4. The third-order valence-corrected chi connectivity index (χ3v) is 4.84. The minimum atomic E-state index is -2.10. The SMILES string of the molecule is CC(=CCCOC[C@H](O)[C@H](O)[C@@H](O)C(O)O)CCCC(C)CCCC(C)C. The summed E-state index contributed by atoms with van der Waals surface area (Å²) in [5, 5.41) is 45.9. The maximum absolute atomic E-state index is 9.63. The van der Waals surface area contributed by atoms with E-state index < -0.39 is 24.6 Å². The standard InChI is InChI=1S/C21H42O6/c1-15(2)8-5-9-16(3)10-6-11-17(4)12-7-13-27-14-18(22)19(23)20(24)21(25)26/h12,15-16,18-26H,5-11,13-14H2,1-4H3/t16?,18-,19-,20+/m0/s1. The number of allylic oxidation sites excluding steroid dienone is 1. The number of aliphatic hydroxyl groups is 5. The quantitative estimate of drug-likeness (QED) is 0.157. The van der Waals surface area contributed by atoms with Crippen LogP contribution in [0.5, 0.6) is 0 Å². The molecule has 27 heavy (non-hydrogen) atoms. The lowest BCUT2D eigenvalue weighted by Gasteiger charge is -2.23. The van der Waals surface area contributed by atoms with Crippen molar-refractivity contribution in [3.05, 3.63) is 11.6 Å². The summed E-state index contributed by atoms with van der Waals surface area (Å²) in [6.07, 6.45) is 3.35. The van der Waals surface area contributed by atoms with E-state index in [-0.39, 0.29) is 6.61 Å². The summed E-state index contributed by atoms with van der Waals surface area (Å²) in [7, 11) is 0. The fraction of sp³-hybridized carbons (Fsp3) is 0.905. The van der Waals surface area contributed by atoms with Crippen molar-refractivity contribution in [3.8, 4) is 0 Å². The van der Waals surface area contributed by atoms with Crippen LogP contribution in [0, 0.1) is 11.8 Å². The summed E-state index contributed by atoms with van der Waals surface area (Å²) in [5.74, 6) is 1.57. The van der Waals surface area contributed by atoms with E-state index in [9.17, 15) is 15.3 Å². The van der Waals surface area contributed by atoms with Gasteiger partial charge in [-0.15, -0.1) is 0 Å². The Labute approximate surface area is 164 Å². The largest absolute Gasteiger partial charge is 0.388 e. The maximum Gasteiger partial charge on any atom is 0.180 e. The number of rotatable bonds is 16. The molecule has 1 unspecified atom stereocenters. The van der Waals surface area contributed by atoms with Gasteiger partial charge in [0.2, 0.25) is 0 Å². The second-order valence-corrected chi connectivity index (χ2v) is 8.20. The molecule has 6 heteroatoms. The van der Waals surface area contributed by atoms with Gasteiger partial charge in [0, 0.05) is 0 Å². The van der Waals surface area contributed by atoms with Crippen LogP contribution in [0.2, 0.25) is 0 Å². The molecule has 0 radical (unpaired) electrons. The summed E-state index contributed by atoms with van der Waals surface area (Å²) >= 11 is 0. The molecule has 0 spiro atoms. The summed E-state index contributed by atoms with van der Waals surface area (Å²) < 4.78 is 5.27. The molecule has 5 N–H and O–H groups in total. The van der Waals surface area contributed by atoms with Crippen LogP contribution in [0.1, 0.15) is 72.6 Å². The maximum atomic E-state index is 9.63. The first-order valence-corrected chi connectivity index (χ1v) is 10.3. The van der Waals surface area contributed by atoms with Gasteiger partial charge in [-0.1, -0.05) is 58.1 Å². The minimum absolute atomic E-state index is 0.175. The average molecular weight is 391 g/mol. The molecule has 0 aromatic rings. The van der Waals surface area contributed by atoms with Crippen LogP contribution in [0.25, 0.3) is 0 Å². The Morgan fingerprint density at radius 2 is 1.52 bits per heavy atom. The highest BCUT2D eigenvalue weighted by molar-refractivity contribution is 4.97. The van der Waals surface area contributed by atoms with Crippen LogP contribution in [0.15, 0.2) is 11.6 Å². The monoisotopic (exact) mass is 390 g/mol. The molecule has 0 saturated carbocycles. The van der Waals surface area contributed by atoms with Gasteiger partial charge >= 0.3 is 0 Å². The average Bonchev–Trinajstić information content (AvgIpc) is 2.59. The van der Waals surface area contributed by atoms with E-state index in [4.69, 9.17) is 14.9 Å². The van der Waals surface area contributed by atoms with Crippen LogP contribution in [-0.4, -0.2) is 63.3 Å². The van der Waals surface area contributed by atoms with Crippen molar-refractivity contribution < 1.29 is 30.3 Å². The van der Waals surface area contributed by atoms with Crippen molar-refractivity contribution in [2.24, 2.45) is 11.8 Å². The van der Waals surface area contributed by atoms with E-state index >= 15 is 0 Å². The molecule has 0 fully saturated rings. The van der Waals surface area contributed by atoms with Gasteiger partial charge < -0.3 is 30.3 Å². The Balaban J connectivity index is 3.79. The van der Waals surface area contributed by atoms with Gasteiger partial charge in [-0.05, 0) is 38.0 Å². The first kappa shape index (κ1) is 26.5. The molecule has 0 aliphatic carbocycles. The first-order valence-electron chi connectivity index (χ1n) is 10.3. The smallest absolute Gasteiger partial charge is 0.180 e. The number of hydrogen-bond donors (Lipinski definition) is 5. The number of ether oxygens (including phenoxy) is 1. The van der Waals surface area contributed by atoms with Gasteiger partial charge in [-0.3, -0.25) is 0 Å². The molecule has 6 nitrogen and oxygen atoms in total. The zero-order valence-electron chi connectivity index (χ0n) is 17.5. The molecular formula is C21H42O6. The summed E-state index contributed by atoms with van der Waals surface area (Å²) in [4.78, 5) is 0. The molecule has 0 saturated heterocycles. The van der Waals surface area contributed by atoms with Crippen molar-refractivity contribution >= 4 is 0 Å². The fourth-order valence-electron chi connectivity index (χ4n) is 2.95. The third kappa shape index (κ3) is 14.2.